The molecule has 0 aromatic heterocycles. The molecule has 116 valence electrons. The molecule has 0 aliphatic rings. The van der Waals surface area contributed by atoms with E-state index in [1.165, 1.54) is 38.9 Å². The Balaban J connectivity index is 1.79. The van der Waals surface area contributed by atoms with Gasteiger partial charge in [0, 0.05) is 0 Å². The Morgan fingerprint density at radius 3 is 1.96 bits per heavy atom. The molecule has 0 N–H and O–H groups in total. The van der Waals surface area contributed by atoms with Crippen LogP contribution in [0.3, 0.4) is 0 Å². The lowest BCUT2D eigenvalue weighted by molar-refractivity contribution is 1.11. The lowest BCUT2D eigenvalue weighted by Crippen LogP contribution is -1.96. The third-order valence-electron chi connectivity index (χ3n) is 4.54. The topological polar surface area (TPSA) is 0 Å². The third-order valence-corrected chi connectivity index (χ3v) is 4.54. The Kier molecular flexibility index (Phi) is 4.62. The van der Waals surface area contributed by atoms with Crippen LogP contribution in [0.25, 0.3) is 0 Å². The van der Waals surface area contributed by atoms with Gasteiger partial charge in [-0.25, -0.2) is 0 Å². The van der Waals surface area contributed by atoms with Gasteiger partial charge in [-0.1, -0.05) is 72.3 Å². The van der Waals surface area contributed by atoms with Gasteiger partial charge < -0.3 is 0 Å². The predicted octanol–water partition coefficient (Wildman–Crippen LogP) is 5.79. The molecule has 23 heavy (non-hydrogen) atoms. The molecule has 0 unspecified atom stereocenters. The van der Waals surface area contributed by atoms with Crippen LogP contribution in [0.4, 0.5) is 0 Å². The van der Waals surface area contributed by atoms with Crippen molar-refractivity contribution in [1.29, 1.82) is 0 Å². The van der Waals surface area contributed by atoms with E-state index in [1.807, 2.05) is 0 Å². The first-order valence-electron chi connectivity index (χ1n) is 8.30. The van der Waals surface area contributed by atoms with Crippen molar-refractivity contribution in [3.63, 3.8) is 0 Å². The lowest BCUT2D eigenvalue weighted by atomic mass is 9.94. The average molecular weight is 300 g/mol. The molecular formula is C23H24. The lowest BCUT2D eigenvalue weighted by Gasteiger charge is -2.11. The zero-order chi connectivity index (χ0) is 16.2. The number of benzene rings is 3. The van der Waals surface area contributed by atoms with Crippen molar-refractivity contribution in [1.82, 2.24) is 0 Å². The first kappa shape index (κ1) is 15.6. The normalized spacial score (nSPS) is 10.7. The highest BCUT2D eigenvalue weighted by Gasteiger charge is 2.04. The summed E-state index contributed by atoms with van der Waals surface area (Å²) in [5.41, 5.74) is 9.70. The summed E-state index contributed by atoms with van der Waals surface area (Å²) in [6.45, 7) is 6.57. The summed E-state index contributed by atoms with van der Waals surface area (Å²) in [4.78, 5) is 0. The monoisotopic (exact) mass is 300 g/mol. The molecule has 0 fully saturated rings. The van der Waals surface area contributed by atoms with Crippen LogP contribution in [0.15, 0.2) is 66.7 Å². The van der Waals surface area contributed by atoms with E-state index in [4.69, 9.17) is 0 Å². The third kappa shape index (κ3) is 3.90. The highest BCUT2D eigenvalue weighted by molar-refractivity contribution is 5.39. The van der Waals surface area contributed by atoms with E-state index in [9.17, 15) is 0 Å². The zero-order valence-electron chi connectivity index (χ0n) is 14.3. The van der Waals surface area contributed by atoms with Gasteiger partial charge in [-0.15, -0.1) is 0 Å². The quantitative estimate of drug-likeness (QED) is 0.572. The van der Waals surface area contributed by atoms with Crippen LogP contribution < -0.4 is 0 Å². The molecular weight excluding hydrogens is 276 g/mol. The first-order valence-corrected chi connectivity index (χ1v) is 8.30. The maximum atomic E-state index is 2.34. The van der Waals surface area contributed by atoms with Crippen LogP contribution in [-0.2, 0) is 12.8 Å². The fourth-order valence-electron chi connectivity index (χ4n) is 3.14. The van der Waals surface area contributed by atoms with Crippen molar-refractivity contribution >= 4 is 0 Å². The molecule has 0 radical (unpaired) electrons. The number of rotatable bonds is 4. The SMILES string of the molecule is Cc1cccc(Cc2ccc(Cc3ccccc3C)cc2C)c1. The molecule has 0 heterocycles. The maximum Gasteiger partial charge on any atom is -0.00230 e. The Hall–Kier alpha value is -2.34. The van der Waals surface area contributed by atoms with Crippen LogP contribution in [0.1, 0.15) is 38.9 Å². The van der Waals surface area contributed by atoms with E-state index >= 15 is 0 Å². The summed E-state index contributed by atoms with van der Waals surface area (Å²) in [7, 11) is 0. The van der Waals surface area contributed by atoms with Gasteiger partial charge >= 0.3 is 0 Å². The van der Waals surface area contributed by atoms with Crippen LogP contribution in [-0.4, -0.2) is 0 Å². The highest BCUT2D eigenvalue weighted by Crippen LogP contribution is 2.19. The predicted molar refractivity (Wildman–Crippen MR) is 99.1 cm³/mol. The van der Waals surface area contributed by atoms with E-state index in [0.717, 1.165) is 12.8 Å². The van der Waals surface area contributed by atoms with Crippen LogP contribution in [0.2, 0.25) is 0 Å². The smallest absolute Gasteiger partial charge is 0.00230 e. The van der Waals surface area contributed by atoms with Crippen molar-refractivity contribution in [3.05, 3.63) is 106 Å². The van der Waals surface area contributed by atoms with E-state index in [1.54, 1.807) is 0 Å². The second-order valence-corrected chi connectivity index (χ2v) is 6.53. The molecule has 3 aromatic rings. The van der Waals surface area contributed by atoms with Gasteiger partial charge in [0.1, 0.15) is 0 Å². The zero-order valence-corrected chi connectivity index (χ0v) is 14.3. The average Bonchev–Trinajstić information content (AvgIpc) is 2.52. The summed E-state index contributed by atoms with van der Waals surface area (Å²) >= 11 is 0. The second kappa shape index (κ2) is 6.83. The van der Waals surface area contributed by atoms with Gasteiger partial charge in [-0.2, -0.15) is 0 Å². The van der Waals surface area contributed by atoms with Gasteiger partial charge in [-0.3, -0.25) is 0 Å². The van der Waals surface area contributed by atoms with Crippen LogP contribution in [0, 0.1) is 20.8 Å². The molecule has 0 saturated heterocycles. The molecule has 0 bridgehead atoms. The van der Waals surface area contributed by atoms with Crippen LogP contribution in [0.5, 0.6) is 0 Å². The minimum absolute atomic E-state index is 1.01. The molecule has 0 spiro atoms. The molecule has 0 nitrogen and oxygen atoms in total. The minimum atomic E-state index is 1.01. The molecule has 0 saturated carbocycles. The first-order chi connectivity index (χ1) is 11.1. The summed E-state index contributed by atoms with van der Waals surface area (Å²) < 4.78 is 0. The Morgan fingerprint density at radius 2 is 1.26 bits per heavy atom. The van der Waals surface area contributed by atoms with Crippen molar-refractivity contribution in [2.75, 3.05) is 0 Å². The summed E-state index contributed by atoms with van der Waals surface area (Å²) in [6, 6.07) is 24.4. The fraction of sp³-hybridized carbons (Fsp3) is 0.217. The second-order valence-electron chi connectivity index (χ2n) is 6.53. The van der Waals surface area contributed by atoms with Gasteiger partial charge in [-0.05, 0) is 67.0 Å². The number of hydrogen-bond acceptors (Lipinski definition) is 0. The Bertz CT molecular complexity index is 812. The summed E-state index contributed by atoms with van der Waals surface area (Å²) in [5.74, 6) is 0. The minimum Gasteiger partial charge on any atom is -0.0620 e. The maximum absolute atomic E-state index is 2.34. The van der Waals surface area contributed by atoms with E-state index in [-0.39, 0.29) is 0 Å². The highest BCUT2D eigenvalue weighted by atomic mass is 14.1. The Labute approximate surface area is 139 Å². The summed E-state index contributed by atoms with van der Waals surface area (Å²) in [6.07, 6.45) is 2.02. The summed E-state index contributed by atoms with van der Waals surface area (Å²) in [5, 5.41) is 0. The van der Waals surface area contributed by atoms with E-state index < -0.39 is 0 Å². The largest absolute Gasteiger partial charge is 0.0620 e. The Morgan fingerprint density at radius 1 is 0.565 bits per heavy atom. The molecule has 3 aromatic carbocycles. The number of hydrogen-bond donors (Lipinski definition) is 0. The fourth-order valence-corrected chi connectivity index (χ4v) is 3.14. The van der Waals surface area contributed by atoms with Crippen molar-refractivity contribution in [2.45, 2.75) is 33.6 Å². The van der Waals surface area contributed by atoms with Crippen molar-refractivity contribution < 1.29 is 0 Å². The van der Waals surface area contributed by atoms with E-state index in [0.29, 0.717) is 0 Å². The van der Waals surface area contributed by atoms with Crippen molar-refractivity contribution in [2.24, 2.45) is 0 Å². The van der Waals surface area contributed by atoms with Gasteiger partial charge in [0.15, 0.2) is 0 Å². The molecule has 0 amide bonds. The number of aryl methyl sites for hydroxylation is 3. The molecule has 0 aliphatic carbocycles. The molecule has 3 rings (SSSR count). The van der Waals surface area contributed by atoms with Gasteiger partial charge in [0.05, 0.1) is 0 Å². The van der Waals surface area contributed by atoms with Gasteiger partial charge in [0.25, 0.3) is 0 Å². The van der Waals surface area contributed by atoms with Gasteiger partial charge in [0.2, 0.25) is 0 Å². The molecule has 0 heteroatoms. The van der Waals surface area contributed by atoms with Crippen molar-refractivity contribution in [3.8, 4) is 0 Å². The standard InChI is InChI=1S/C23H24/c1-17-7-6-9-20(13-17)15-23-12-11-21(14-19(23)3)16-22-10-5-4-8-18(22)2/h4-14H,15-16H2,1-3H3. The molecule has 0 atom stereocenters. The van der Waals surface area contributed by atoms with Crippen LogP contribution >= 0.6 is 0 Å². The molecule has 0 aliphatic heterocycles. The van der Waals surface area contributed by atoms with E-state index in [2.05, 4.69) is 87.5 Å².